The van der Waals surface area contributed by atoms with E-state index in [1.165, 1.54) is 23.1 Å². The Kier molecular flexibility index (Phi) is 36.9. The van der Waals surface area contributed by atoms with Gasteiger partial charge < -0.3 is 104 Å². The number of cyclic esters (lactones) is 1. The van der Waals surface area contributed by atoms with Crippen molar-refractivity contribution in [1.29, 1.82) is 0 Å². The highest BCUT2D eigenvalue weighted by molar-refractivity contribution is 6.13. The highest BCUT2D eigenvalue weighted by Crippen LogP contribution is 2.43. The lowest BCUT2D eigenvalue weighted by Gasteiger charge is -2.35. The maximum Gasteiger partial charge on any atom is 0.407 e. The lowest BCUT2D eigenvalue weighted by molar-refractivity contribution is -0.188. The summed E-state index contributed by atoms with van der Waals surface area (Å²) in [6.45, 7) is 8.99. The summed E-state index contributed by atoms with van der Waals surface area (Å²) in [5.41, 5.74) is 9.05. The Morgan fingerprint density at radius 1 is 0.661 bits per heavy atom. The number of nitrogens with two attached hydrogens (primary N) is 1. The van der Waals surface area contributed by atoms with Crippen LogP contribution in [0.15, 0.2) is 102 Å². The van der Waals surface area contributed by atoms with Crippen LogP contribution in [0.25, 0.3) is 22.3 Å². The molecule has 3 atom stereocenters. The van der Waals surface area contributed by atoms with E-state index in [4.69, 9.17) is 67.6 Å². The smallest absolute Gasteiger partial charge is 0.407 e. The SMILES string of the molecule is CCc1c2c(nc3ccc(O)cc13)-c1cc3c(c(=O)n1C2)COC(=O)[C@@]3(CC)OC(=O)CNC(=O)OCc1ccc(NC(=O)[C@H](CCCCN)NC(=O)[C@H](Cc2ccccc2)NC(=O)COCC(=O)NCCOCCOCCOCCOCCOCCOCCOCCOCCn2cc(CNC(=O)C3CCC(CN4C(=O)C=CC4=O)CC3)nn2)cc1. The highest BCUT2D eigenvalue weighted by atomic mass is 16.6. The molecule has 6 heterocycles. The van der Waals surface area contributed by atoms with Gasteiger partial charge in [0.1, 0.15) is 56.5 Å². The quantitative estimate of drug-likeness (QED) is 0.0118. The molecule has 37 heteroatoms. The number of carbonyl (C=O) groups excluding carboxylic acids is 10. The number of pyridine rings is 2. The van der Waals surface area contributed by atoms with Crippen LogP contribution in [0.1, 0.15) is 104 Å². The summed E-state index contributed by atoms with van der Waals surface area (Å²) in [7, 11) is 0. The van der Waals surface area contributed by atoms with Gasteiger partial charge in [0.15, 0.2) is 0 Å². The molecule has 3 aromatic heterocycles. The molecule has 6 aromatic rings. The number of benzene rings is 3. The maximum atomic E-state index is 14.2. The van der Waals surface area contributed by atoms with Crippen LogP contribution in [0.5, 0.6) is 5.75 Å². The van der Waals surface area contributed by atoms with Crippen molar-refractivity contribution in [3.05, 3.63) is 147 Å². The molecular weight excluding hydrogens is 1570 g/mol. The van der Waals surface area contributed by atoms with Crippen LogP contribution >= 0.6 is 0 Å². The number of nitrogens with one attached hydrogen (secondary N) is 6. The molecule has 654 valence electrons. The molecule has 9 N–H and O–H groups in total. The van der Waals surface area contributed by atoms with Gasteiger partial charge >= 0.3 is 18.0 Å². The second-order valence-corrected chi connectivity index (χ2v) is 29.1. The minimum absolute atomic E-state index is 0.0318. The van der Waals surface area contributed by atoms with E-state index in [1.54, 1.807) is 95.2 Å². The fraction of sp³-hybridized carbons (Fsp3) is 0.524. The molecule has 10 rings (SSSR count). The summed E-state index contributed by atoms with van der Waals surface area (Å²) >= 11 is 0. The number of alkyl carbamates (subject to hydrolysis) is 1. The number of nitrogens with zero attached hydrogens (tertiary/aromatic N) is 6. The summed E-state index contributed by atoms with van der Waals surface area (Å²) in [6.07, 6.45) is 8.09. The summed E-state index contributed by atoms with van der Waals surface area (Å²) in [5.74, 6) is -4.71. The van der Waals surface area contributed by atoms with Gasteiger partial charge in [0.2, 0.25) is 35.1 Å². The minimum Gasteiger partial charge on any atom is -0.508 e. The van der Waals surface area contributed by atoms with Crippen LogP contribution in [0, 0.1) is 11.8 Å². The molecule has 4 aliphatic rings. The van der Waals surface area contributed by atoms with Crippen LogP contribution in [0.4, 0.5) is 10.5 Å². The minimum atomic E-state index is -2.03. The first-order valence-corrected chi connectivity index (χ1v) is 40.9. The van der Waals surface area contributed by atoms with Crippen molar-refractivity contribution < 1.29 is 110 Å². The molecule has 3 aliphatic heterocycles. The van der Waals surface area contributed by atoms with Gasteiger partial charge in [0.25, 0.3) is 17.4 Å². The average molecular weight is 1680 g/mol. The Morgan fingerprint density at radius 2 is 1.30 bits per heavy atom. The van der Waals surface area contributed by atoms with E-state index >= 15 is 0 Å². The summed E-state index contributed by atoms with van der Waals surface area (Å²) in [5, 5.41) is 35.5. The Balaban J connectivity index is 0.517. The van der Waals surface area contributed by atoms with Crippen molar-refractivity contribution in [2.24, 2.45) is 17.6 Å². The second-order valence-electron chi connectivity index (χ2n) is 29.1. The lowest BCUT2D eigenvalue weighted by atomic mass is 9.81. The van der Waals surface area contributed by atoms with E-state index in [0.29, 0.717) is 184 Å². The topological polar surface area (TPSA) is 469 Å². The van der Waals surface area contributed by atoms with E-state index < -0.39 is 84.7 Å². The number of esters is 2. The second kappa shape index (κ2) is 48.4. The number of hydrogen-bond acceptors (Lipinski definition) is 28. The number of unbranched alkanes of at least 4 members (excludes halogenated alkanes) is 1. The van der Waals surface area contributed by atoms with Crippen LogP contribution in [0.2, 0.25) is 0 Å². The van der Waals surface area contributed by atoms with Crippen molar-refractivity contribution in [3.8, 4) is 17.1 Å². The van der Waals surface area contributed by atoms with Gasteiger partial charge in [-0.1, -0.05) is 61.5 Å². The van der Waals surface area contributed by atoms with Gasteiger partial charge in [-0.05, 0) is 123 Å². The van der Waals surface area contributed by atoms with Gasteiger partial charge in [0, 0.05) is 59.8 Å². The monoisotopic (exact) mass is 1680 g/mol. The molecule has 0 spiro atoms. The summed E-state index contributed by atoms with van der Waals surface area (Å²) < 4.78 is 69.8. The van der Waals surface area contributed by atoms with Crippen molar-refractivity contribution in [1.82, 2.24) is 56.0 Å². The Labute approximate surface area is 699 Å². The van der Waals surface area contributed by atoms with E-state index in [2.05, 4.69) is 42.2 Å². The number of aromatic hydroxyl groups is 1. The largest absolute Gasteiger partial charge is 0.508 e. The third-order valence-electron chi connectivity index (χ3n) is 20.6. The van der Waals surface area contributed by atoms with E-state index in [1.807, 2.05) is 6.92 Å². The number of fused-ring (bicyclic) bond motifs is 5. The molecule has 1 aliphatic carbocycles. The molecular formula is C84H109N13O24. The fourth-order valence-electron chi connectivity index (χ4n) is 14.2. The van der Waals surface area contributed by atoms with Gasteiger partial charge in [-0.15, -0.1) is 5.10 Å². The number of aryl methyl sites for hydroxylation is 1. The first-order chi connectivity index (χ1) is 58.8. The Morgan fingerprint density at radius 3 is 1.93 bits per heavy atom. The molecule has 1 fully saturated rings. The number of carbonyl (C=O) groups is 10. The fourth-order valence-corrected chi connectivity index (χ4v) is 14.2. The predicted molar refractivity (Wildman–Crippen MR) is 433 cm³/mol. The first-order valence-electron chi connectivity index (χ1n) is 40.9. The first kappa shape index (κ1) is 92.3. The van der Waals surface area contributed by atoms with Crippen LogP contribution in [-0.2, 0) is 151 Å². The summed E-state index contributed by atoms with van der Waals surface area (Å²) in [6, 6.07) is 19.5. The molecule has 8 amide bonds. The van der Waals surface area contributed by atoms with Crippen molar-refractivity contribution in [3.63, 3.8) is 0 Å². The number of amides is 8. The van der Waals surface area contributed by atoms with Crippen LogP contribution in [0.3, 0.4) is 0 Å². The zero-order valence-electron chi connectivity index (χ0n) is 68.3. The van der Waals surface area contributed by atoms with Gasteiger partial charge in [-0.3, -0.25) is 48.1 Å². The van der Waals surface area contributed by atoms with Crippen molar-refractivity contribution in [2.45, 2.75) is 129 Å². The maximum absolute atomic E-state index is 14.2. The Bertz CT molecular complexity index is 4540. The van der Waals surface area contributed by atoms with E-state index in [-0.39, 0.29) is 112 Å². The molecule has 37 nitrogen and oxygen atoms in total. The zero-order chi connectivity index (χ0) is 85.7. The summed E-state index contributed by atoms with van der Waals surface area (Å²) in [4.78, 5) is 151. The number of ether oxygens (including phenoxy) is 12. The normalized spacial score (nSPS) is 16.4. The van der Waals surface area contributed by atoms with Crippen molar-refractivity contribution >= 4 is 76.0 Å². The molecule has 3 aromatic carbocycles. The standard InChI is InChI=1S/C84H109N13O24/c1-3-63-64-45-62(98)21-22-68(64)91-77-65(63)51-96-71(77)46-67-66(81(96)107)53-119-82(108)84(67,4-2)121-76(103)48-88-83(109)120-52-58-15-19-60(20-16-58)89-79(105)69(12-8-9-25-85)92-80(106)70(44-56-10-6-5-7-11-56)90-73(100)55-118-54-72(99)86-26-28-110-30-32-112-34-36-114-38-40-116-42-43-117-41-39-115-37-35-113-33-31-111-29-27-95-50-61(93-94-95)47-87-78(104)59-17-13-57(14-18-59)49-97-74(101)23-24-75(97)102/h5-7,10-11,15-16,19-24,45-46,50,57,59,69-70,98H,3-4,8-9,12-14,17-18,25-44,47-49,51-55,85H2,1-2H3,(H,86,99)(H,87,104)(H,88,109)(H,89,105)(H,90,100)(H,92,106)/t57?,59?,69-,70-,84-/m0/s1. The Hall–Kier alpha value is -11.0. The van der Waals surface area contributed by atoms with Crippen molar-refractivity contribution in [2.75, 3.05) is 150 Å². The van der Waals surface area contributed by atoms with Crippen LogP contribution < -0.4 is 43.2 Å². The van der Waals surface area contributed by atoms with Gasteiger partial charge in [-0.2, -0.15) is 0 Å². The third-order valence-corrected chi connectivity index (χ3v) is 20.6. The third kappa shape index (κ3) is 28.0. The number of phenols is 1. The van der Waals surface area contributed by atoms with E-state index in [9.17, 15) is 57.8 Å². The molecule has 0 radical (unpaired) electrons. The number of imide groups is 1. The number of rotatable bonds is 54. The van der Waals surface area contributed by atoms with E-state index in [0.717, 1.165) is 29.4 Å². The molecule has 0 saturated heterocycles. The average Bonchev–Trinajstić information content (AvgIpc) is 1.63. The zero-order valence-corrected chi connectivity index (χ0v) is 68.3. The molecule has 121 heavy (non-hydrogen) atoms. The van der Waals surface area contributed by atoms with Gasteiger partial charge in [-0.25, -0.2) is 19.3 Å². The predicted octanol–water partition coefficient (Wildman–Crippen LogP) is 3.01. The molecule has 0 unspecified atom stereocenters. The number of hydrogen-bond donors (Lipinski definition) is 8. The molecule has 1 saturated carbocycles. The number of aromatic nitrogens is 5. The van der Waals surface area contributed by atoms with Crippen LogP contribution in [-0.4, -0.2) is 251 Å². The molecule has 0 bridgehead atoms. The number of phenolic OH excluding ortho intramolecular Hbond substituents is 1. The van der Waals surface area contributed by atoms with Gasteiger partial charge in [0.05, 0.1) is 154 Å². The number of anilines is 1. The highest BCUT2D eigenvalue weighted by Gasteiger charge is 2.51. The lowest BCUT2D eigenvalue weighted by Crippen LogP contribution is -2.54.